The fourth-order valence-electron chi connectivity index (χ4n) is 4.22. The third-order valence-corrected chi connectivity index (χ3v) is 5.92. The number of nitrogens with one attached hydrogen (secondary N) is 2. The fourth-order valence-corrected chi connectivity index (χ4v) is 4.22. The standard InChI is InChI=1S/C26H30N4O.HI/c1-19(23-14-7-12-20-9-5-6-13-24(20)23)29-26(27-2)28-16-8-15-25(31)30-17-21-10-3-4-11-22(21)18-30;/h3-7,9-14,19H,8,15-18H2,1-2H3,(H2,27,28,29);1H. The van der Waals surface area contributed by atoms with E-state index in [-0.39, 0.29) is 35.9 Å². The lowest BCUT2D eigenvalue weighted by Gasteiger charge is -2.20. The maximum atomic E-state index is 12.6. The number of guanidine groups is 1. The molecule has 1 aliphatic rings. The Morgan fingerprint density at radius 1 is 1.00 bits per heavy atom. The lowest BCUT2D eigenvalue weighted by Crippen LogP contribution is -2.39. The minimum absolute atomic E-state index is 0. The summed E-state index contributed by atoms with van der Waals surface area (Å²) < 4.78 is 0. The van der Waals surface area contributed by atoms with Crippen LogP contribution in [-0.4, -0.2) is 30.4 Å². The number of hydrogen-bond donors (Lipinski definition) is 2. The number of aliphatic imine (C=N–C) groups is 1. The largest absolute Gasteiger partial charge is 0.356 e. The van der Waals surface area contributed by atoms with Crippen LogP contribution in [0, 0.1) is 0 Å². The molecule has 0 fully saturated rings. The smallest absolute Gasteiger partial charge is 0.223 e. The van der Waals surface area contributed by atoms with Gasteiger partial charge in [-0.3, -0.25) is 9.79 Å². The number of halogens is 1. The number of benzene rings is 3. The zero-order valence-electron chi connectivity index (χ0n) is 18.7. The monoisotopic (exact) mass is 542 g/mol. The first kappa shape index (κ1) is 24.0. The highest BCUT2D eigenvalue weighted by molar-refractivity contribution is 14.0. The van der Waals surface area contributed by atoms with Gasteiger partial charge in [0, 0.05) is 33.1 Å². The summed E-state index contributed by atoms with van der Waals surface area (Å²) in [4.78, 5) is 18.9. The molecule has 1 atom stereocenters. The Hall–Kier alpha value is -2.61. The van der Waals surface area contributed by atoms with Crippen molar-refractivity contribution in [1.82, 2.24) is 15.5 Å². The van der Waals surface area contributed by atoms with Gasteiger partial charge < -0.3 is 15.5 Å². The Kier molecular flexibility index (Phi) is 8.50. The van der Waals surface area contributed by atoms with Crippen molar-refractivity contribution in [2.24, 2.45) is 4.99 Å². The number of carbonyl (C=O) groups is 1. The summed E-state index contributed by atoms with van der Waals surface area (Å²) in [6.45, 7) is 4.31. The second-order valence-electron chi connectivity index (χ2n) is 8.06. The van der Waals surface area contributed by atoms with Crippen LogP contribution in [0.2, 0.25) is 0 Å². The summed E-state index contributed by atoms with van der Waals surface area (Å²) in [6, 6.07) is 23.2. The van der Waals surface area contributed by atoms with Gasteiger partial charge in [-0.2, -0.15) is 0 Å². The van der Waals surface area contributed by atoms with E-state index in [1.807, 2.05) is 17.0 Å². The van der Waals surface area contributed by atoms with Crippen molar-refractivity contribution in [3.05, 3.63) is 83.4 Å². The molecule has 1 amide bonds. The summed E-state index contributed by atoms with van der Waals surface area (Å²) in [5, 5.41) is 9.31. The average molecular weight is 542 g/mol. The number of rotatable bonds is 6. The molecule has 0 saturated carbocycles. The Labute approximate surface area is 207 Å². The summed E-state index contributed by atoms with van der Waals surface area (Å²) in [7, 11) is 1.78. The van der Waals surface area contributed by atoms with Crippen LogP contribution in [0.3, 0.4) is 0 Å². The molecule has 0 aromatic heterocycles. The molecule has 32 heavy (non-hydrogen) atoms. The first-order valence-corrected chi connectivity index (χ1v) is 10.9. The maximum absolute atomic E-state index is 12.6. The van der Waals surface area contributed by atoms with Crippen LogP contribution in [0.5, 0.6) is 0 Å². The average Bonchev–Trinajstić information content (AvgIpc) is 3.25. The van der Waals surface area contributed by atoms with E-state index in [2.05, 4.69) is 77.1 Å². The van der Waals surface area contributed by atoms with Gasteiger partial charge in [-0.15, -0.1) is 24.0 Å². The quantitative estimate of drug-likeness (QED) is 0.200. The van der Waals surface area contributed by atoms with E-state index in [0.29, 0.717) is 13.0 Å². The molecule has 2 N–H and O–H groups in total. The highest BCUT2D eigenvalue weighted by Crippen LogP contribution is 2.24. The maximum Gasteiger partial charge on any atom is 0.223 e. The van der Waals surface area contributed by atoms with Gasteiger partial charge >= 0.3 is 0 Å². The molecule has 0 aliphatic carbocycles. The predicted octanol–water partition coefficient (Wildman–Crippen LogP) is 5.01. The molecule has 3 aromatic rings. The highest BCUT2D eigenvalue weighted by atomic mass is 127. The van der Waals surface area contributed by atoms with Crippen molar-refractivity contribution in [3.8, 4) is 0 Å². The minimum atomic E-state index is 0. The molecular weight excluding hydrogens is 511 g/mol. The van der Waals surface area contributed by atoms with Gasteiger partial charge in [0.25, 0.3) is 0 Å². The molecule has 1 aliphatic heterocycles. The first-order valence-electron chi connectivity index (χ1n) is 10.9. The predicted molar refractivity (Wildman–Crippen MR) is 142 cm³/mol. The molecule has 0 spiro atoms. The lowest BCUT2D eigenvalue weighted by atomic mass is 10.00. The molecule has 1 heterocycles. The molecule has 4 rings (SSSR count). The molecule has 168 valence electrons. The molecule has 3 aromatic carbocycles. The second-order valence-corrected chi connectivity index (χ2v) is 8.06. The van der Waals surface area contributed by atoms with Gasteiger partial charge in [0.1, 0.15) is 0 Å². The third-order valence-electron chi connectivity index (χ3n) is 5.92. The van der Waals surface area contributed by atoms with Crippen molar-refractivity contribution in [3.63, 3.8) is 0 Å². The van der Waals surface area contributed by atoms with E-state index < -0.39 is 0 Å². The number of carbonyl (C=O) groups excluding carboxylic acids is 1. The van der Waals surface area contributed by atoms with Crippen molar-refractivity contribution < 1.29 is 4.79 Å². The number of nitrogens with zero attached hydrogens (tertiary/aromatic N) is 2. The Bertz CT molecular complexity index is 1070. The molecule has 5 nitrogen and oxygen atoms in total. The van der Waals surface area contributed by atoms with E-state index in [1.165, 1.54) is 27.5 Å². The van der Waals surface area contributed by atoms with Crippen LogP contribution in [0.25, 0.3) is 10.8 Å². The van der Waals surface area contributed by atoms with E-state index in [9.17, 15) is 4.79 Å². The fraction of sp³-hybridized carbons (Fsp3) is 0.308. The molecule has 0 radical (unpaired) electrons. The van der Waals surface area contributed by atoms with Crippen LogP contribution in [0.15, 0.2) is 71.7 Å². The van der Waals surface area contributed by atoms with Gasteiger partial charge in [-0.1, -0.05) is 66.7 Å². The summed E-state index contributed by atoms with van der Waals surface area (Å²) >= 11 is 0. The van der Waals surface area contributed by atoms with Crippen LogP contribution >= 0.6 is 24.0 Å². The van der Waals surface area contributed by atoms with E-state index in [4.69, 9.17) is 0 Å². The summed E-state index contributed by atoms with van der Waals surface area (Å²) in [5.41, 5.74) is 3.77. The Balaban J connectivity index is 0.00000289. The first-order chi connectivity index (χ1) is 15.2. The molecule has 1 unspecified atom stereocenters. The van der Waals surface area contributed by atoms with Crippen LogP contribution in [-0.2, 0) is 17.9 Å². The van der Waals surface area contributed by atoms with Crippen LogP contribution in [0.1, 0.15) is 42.5 Å². The summed E-state index contributed by atoms with van der Waals surface area (Å²) in [5.74, 6) is 0.964. The van der Waals surface area contributed by atoms with Crippen molar-refractivity contribution in [2.45, 2.75) is 38.9 Å². The van der Waals surface area contributed by atoms with E-state index in [1.54, 1.807) is 7.05 Å². The van der Waals surface area contributed by atoms with Crippen LogP contribution < -0.4 is 10.6 Å². The number of fused-ring (bicyclic) bond motifs is 2. The molecule has 0 bridgehead atoms. The van der Waals surface area contributed by atoms with E-state index in [0.717, 1.165) is 25.5 Å². The van der Waals surface area contributed by atoms with Crippen molar-refractivity contribution in [1.29, 1.82) is 0 Å². The van der Waals surface area contributed by atoms with Gasteiger partial charge in [0.2, 0.25) is 5.91 Å². The third kappa shape index (κ3) is 5.59. The normalized spacial score (nSPS) is 13.9. The zero-order chi connectivity index (χ0) is 21.6. The van der Waals surface area contributed by atoms with Gasteiger partial charge in [0.05, 0.1) is 6.04 Å². The van der Waals surface area contributed by atoms with Gasteiger partial charge in [0.15, 0.2) is 5.96 Å². The van der Waals surface area contributed by atoms with Gasteiger partial charge in [-0.25, -0.2) is 0 Å². The van der Waals surface area contributed by atoms with Crippen molar-refractivity contribution in [2.75, 3.05) is 13.6 Å². The Morgan fingerprint density at radius 3 is 2.38 bits per heavy atom. The summed E-state index contributed by atoms with van der Waals surface area (Å²) in [6.07, 6.45) is 1.31. The minimum Gasteiger partial charge on any atom is -0.356 e. The number of hydrogen-bond acceptors (Lipinski definition) is 2. The number of amides is 1. The molecule has 6 heteroatoms. The topological polar surface area (TPSA) is 56.7 Å². The SMILES string of the molecule is CN=C(NCCCC(=O)N1Cc2ccccc2C1)NC(C)c1cccc2ccccc12.I. The Morgan fingerprint density at radius 2 is 1.66 bits per heavy atom. The highest BCUT2D eigenvalue weighted by Gasteiger charge is 2.22. The second kappa shape index (κ2) is 11.3. The van der Waals surface area contributed by atoms with E-state index >= 15 is 0 Å². The molecule has 0 saturated heterocycles. The lowest BCUT2D eigenvalue weighted by molar-refractivity contribution is -0.131. The zero-order valence-corrected chi connectivity index (χ0v) is 21.0. The molecular formula is C26H31IN4O. The van der Waals surface area contributed by atoms with Gasteiger partial charge in [-0.05, 0) is 40.8 Å². The van der Waals surface area contributed by atoms with Crippen molar-refractivity contribution >= 4 is 46.6 Å². The van der Waals surface area contributed by atoms with Crippen LogP contribution in [0.4, 0.5) is 0 Å².